The molecule has 0 aliphatic rings. The summed E-state index contributed by atoms with van der Waals surface area (Å²) in [7, 11) is 0. The van der Waals surface area contributed by atoms with Gasteiger partial charge in [0.2, 0.25) is 5.95 Å². The first-order valence-electron chi connectivity index (χ1n) is 3.63. The van der Waals surface area contributed by atoms with E-state index >= 15 is 0 Å². The zero-order valence-electron chi connectivity index (χ0n) is 6.88. The van der Waals surface area contributed by atoms with E-state index in [2.05, 4.69) is 4.98 Å². The molecule has 70 valence electrons. The fraction of sp³-hybridized carbons (Fsp3) is 0.250. The third-order valence-corrected chi connectivity index (χ3v) is 2.21. The van der Waals surface area contributed by atoms with Gasteiger partial charge in [0.05, 0.1) is 12.2 Å². The van der Waals surface area contributed by atoms with Gasteiger partial charge in [-0.1, -0.05) is 0 Å². The van der Waals surface area contributed by atoms with Crippen LogP contribution in [0.4, 0.5) is 4.39 Å². The number of pyridine rings is 1. The highest BCUT2D eigenvalue weighted by Gasteiger charge is 2.11. The zero-order chi connectivity index (χ0) is 9.84. The Kier molecular flexibility index (Phi) is 3.58. The molecule has 5 heteroatoms. The summed E-state index contributed by atoms with van der Waals surface area (Å²) in [5.74, 6) is -1.07. The van der Waals surface area contributed by atoms with Crippen LogP contribution in [-0.4, -0.2) is 17.6 Å². The van der Waals surface area contributed by atoms with Crippen LogP contribution < -0.4 is 0 Å². The van der Waals surface area contributed by atoms with E-state index in [1.54, 1.807) is 6.92 Å². The fourth-order valence-corrected chi connectivity index (χ4v) is 1.38. The van der Waals surface area contributed by atoms with Crippen LogP contribution in [0.15, 0.2) is 12.3 Å². The second-order valence-electron chi connectivity index (χ2n) is 2.21. The Labute approximate surface area is 88.4 Å². The number of carbonyl (C=O) groups excluding carboxylic acids is 1. The summed E-state index contributed by atoms with van der Waals surface area (Å²) >= 11 is 1.86. The van der Waals surface area contributed by atoms with E-state index in [-0.39, 0.29) is 0 Å². The van der Waals surface area contributed by atoms with Gasteiger partial charge < -0.3 is 4.74 Å². The number of rotatable bonds is 2. The van der Waals surface area contributed by atoms with Crippen molar-refractivity contribution in [1.82, 2.24) is 4.98 Å². The molecule has 0 amide bonds. The maximum absolute atomic E-state index is 12.5. The van der Waals surface area contributed by atoms with Crippen LogP contribution in [0, 0.1) is 9.52 Å². The van der Waals surface area contributed by atoms with Crippen LogP contribution in [0.2, 0.25) is 0 Å². The van der Waals surface area contributed by atoms with E-state index in [1.807, 2.05) is 22.6 Å². The highest BCUT2D eigenvalue weighted by atomic mass is 127. The minimum Gasteiger partial charge on any atom is -0.462 e. The lowest BCUT2D eigenvalue weighted by Crippen LogP contribution is -2.07. The molecule has 3 nitrogen and oxygen atoms in total. The first kappa shape index (κ1) is 10.4. The van der Waals surface area contributed by atoms with E-state index in [9.17, 15) is 9.18 Å². The smallest absolute Gasteiger partial charge is 0.340 e. The van der Waals surface area contributed by atoms with Gasteiger partial charge in [-0.15, -0.1) is 0 Å². The Morgan fingerprint density at radius 2 is 2.46 bits per heavy atom. The van der Waals surface area contributed by atoms with Crippen molar-refractivity contribution < 1.29 is 13.9 Å². The number of carbonyl (C=O) groups is 1. The van der Waals surface area contributed by atoms with Gasteiger partial charge >= 0.3 is 5.97 Å². The lowest BCUT2D eigenvalue weighted by atomic mass is 10.3. The topological polar surface area (TPSA) is 39.2 Å². The Bertz CT molecular complexity index is 330. The van der Waals surface area contributed by atoms with Gasteiger partial charge in [-0.3, -0.25) is 0 Å². The minimum absolute atomic E-state index is 0.295. The molecule has 0 saturated carbocycles. The molecule has 0 bridgehead atoms. The van der Waals surface area contributed by atoms with E-state index in [4.69, 9.17) is 4.74 Å². The number of hydrogen-bond donors (Lipinski definition) is 0. The number of esters is 1. The van der Waals surface area contributed by atoms with Crippen molar-refractivity contribution in [1.29, 1.82) is 0 Å². The van der Waals surface area contributed by atoms with E-state index in [0.29, 0.717) is 15.7 Å². The normalized spacial score (nSPS) is 9.77. The van der Waals surface area contributed by atoms with Crippen molar-refractivity contribution in [3.63, 3.8) is 0 Å². The second kappa shape index (κ2) is 4.50. The largest absolute Gasteiger partial charge is 0.462 e. The molecule has 1 rings (SSSR count). The number of ether oxygens (including phenoxy) is 1. The first-order valence-corrected chi connectivity index (χ1v) is 4.71. The molecule has 0 N–H and O–H groups in total. The van der Waals surface area contributed by atoms with Crippen molar-refractivity contribution in [2.45, 2.75) is 6.92 Å². The fourth-order valence-electron chi connectivity index (χ4n) is 0.767. The predicted octanol–water partition coefficient (Wildman–Crippen LogP) is 2.00. The SMILES string of the molecule is CCOC(=O)c1cnc(F)cc1I. The summed E-state index contributed by atoms with van der Waals surface area (Å²) in [5.41, 5.74) is 0.295. The molecule has 0 fully saturated rings. The van der Waals surface area contributed by atoms with Gasteiger partial charge in [-0.25, -0.2) is 9.78 Å². The average molecular weight is 295 g/mol. The Morgan fingerprint density at radius 1 is 1.77 bits per heavy atom. The van der Waals surface area contributed by atoms with Crippen LogP contribution in [0.3, 0.4) is 0 Å². The van der Waals surface area contributed by atoms with E-state index < -0.39 is 11.9 Å². The average Bonchev–Trinajstić information content (AvgIpc) is 2.04. The molecule has 0 spiro atoms. The summed E-state index contributed by atoms with van der Waals surface area (Å²) in [6, 6.07) is 1.19. The zero-order valence-corrected chi connectivity index (χ0v) is 9.04. The molecular formula is C8H7FINO2. The van der Waals surface area contributed by atoms with Crippen LogP contribution in [0.5, 0.6) is 0 Å². The molecule has 13 heavy (non-hydrogen) atoms. The number of halogens is 2. The van der Waals surface area contributed by atoms with Gasteiger partial charge in [-0.05, 0) is 29.5 Å². The molecule has 1 aromatic rings. The monoisotopic (exact) mass is 295 g/mol. The third kappa shape index (κ3) is 2.61. The summed E-state index contributed by atoms with van der Waals surface area (Å²) in [4.78, 5) is 14.6. The summed E-state index contributed by atoms with van der Waals surface area (Å²) in [6.07, 6.45) is 1.18. The molecule has 0 radical (unpaired) electrons. The van der Waals surface area contributed by atoms with Crippen LogP contribution in [-0.2, 0) is 4.74 Å². The van der Waals surface area contributed by atoms with Crippen molar-refractivity contribution in [2.24, 2.45) is 0 Å². The third-order valence-electron chi connectivity index (χ3n) is 1.32. The van der Waals surface area contributed by atoms with Crippen molar-refractivity contribution in [3.8, 4) is 0 Å². The minimum atomic E-state index is -0.600. The molecule has 0 unspecified atom stereocenters. The highest BCUT2D eigenvalue weighted by molar-refractivity contribution is 14.1. The first-order chi connectivity index (χ1) is 6.15. The van der Waals surface area contributed by atoms with Crippen LogP contribution in [0.1, 0.15) is 17.3 Å². The summed E-state index contributed by atoms with van der Waals surface area (Å²) in [6.45, 7) is 2.01. The number of nitrogens with zero attached hydrogens (tertiary/aromatic N) is 1. The van der Waals surface area contributed by atoms with Gasteiger partial charge in [0.25, 0.3) is 0 Å². The number of hydrogen-bond acceptors (Lipinski definition) is 3. The molecule has 0 atom stereocenters. The van der Waals surface area contributed by atoms with E-state index in [0.717, 1.165) is 0 Å². The number of aromatic nitrogens is 1. The Balaban J connectivity index is 2.95. The lowest BCUT2D eigenvalue weighted by Gasteiger charge is -2.02. The predicted molar refractivity (Wildman–Crippen MR) is 52.9 cm³/mol. The maximum atomic E-state index is 12.5. The van der Waals surface area contributed by atoms with Crippen LogP contribution >= 0.6 is 22.6 Å². The quantitative estimate of drug-likeness (QED) is 0.476. The molecule has 0 aromatic carbocycles. The highest BCUT2D eigenvalue weighted by Crippen LogP contribution is 2.12. The second-order valence-corrected chi connectivity index (χ2v) is 3.37. The molecular weight excluding hydrogens is 288 g/mol. The van der Waals surface area contributed by atoms with Gasteiger partial charge in [-0.2, -0.15) is 4.39 Å². The standard InChI is InChI=1S/C8H7FINO2/c1-2-13-8(12)5-4-11-7(9)3-6(5)10/h3-4H,2H2,1H3. The molecule has 0 saturated heterocycles. The summed E-state index contributed by atoms with van der Waals surface area (Å²) < 4.78 is 17.8. The van der Waals surface area contributed by atoms with Gasteiger partial charge in [0, 0.05) is 15.8 Å². The van der Waals surface area contributed by atoms with Crippen LogP contribution in [0.25, 0.3) is 0 Å². The molecule has 0 aliphatic heterocycles. The molecule has 1 heterocycles. The lowest BCUT2D eigenvalue weighted by molar-refractivity contribution is 0.0524. The van der Waals surface area contributed by atoms with Crippen molar-refractivity contribution >= 4 is 28.6 Å². The van der Waals surface area contributed by atoms with Gasteiger partial charge in [0.15, 0.2) is 0 Å². The van der Waals surface area contributed by atoms with Gasteiger partial charge in [0.1, 0.15) is 0 Å². The maximum Gasteiger partial charge on any atom is 0.340 e. The Hall–Kier alpha value is -0.720. The molecule has 1 aromatic heterocycles. The van der Waals surface area contributed by atoms with Crippen molar-refractivity contribution in [3.05, 3.63) is 27.3 Å². The summed E-state index contributed by atoms with van der Waals surface area (Å²) in [5, 5.41) is 0. The Morgan fingerprint density at radius 3 is 3.00 bits per heavy atom. The molecule has 0 aliphatic carbocycles. The van der Waals surface area contributed by atoms with Crippen molar-refractivity contribution in [2.75, 3.05) is 6.61 Å². The van der Waals surface area contributed by atoms with E-state index in [1.165, 1.54) is 12.3 Å².